The van der Waals surface area contributed by atoms with Crippen molar-refractivity contribution in [2.75, 3.05) is 0 Å². The highest BCUT2D eigenvalue weighted by Gasteiger charge is 2.33. The minimum absolute atomic E-state index is 0.231. The summed E-state index contributed by atoms with van der Waals surface area (Å²) in [6, 6.07) is 2.24. The van der Waals surface area contributed by atoms with Gasteiger partial charge in [0.15, 0.2) is 0 Å². The molecule has 144 valence electrons. The van der Waals surface area contributed by atoms with Crippen LogP contribution in [0.15, 0.2) is 17.6 Å². The van der Waals surface area contributed by atoms with E-state index in [4.69, 9.17) is 0 Å². The van der Waals surface area contributed by atoms with Gasteiger partial charge >= 0.3 is 5.97 Å². The van der Waals surface area contributed by atoms with E-state index in [0.29, 0.717) is 12.2 Å². The first-order valence-corrected chi connectivity index (χ1v) is 10.5. The Kier molecular flexibility index (Phi) is 4.90. The zero-order chi connectivity index (χ0) is 19.1. The van der Waals surface area contributed by atoms with E-state index in [9.17, 15) is 15.0 Å². The number of aromatic nitrogens is 3. The Morgan fingerprint density at radius 3 is 2.70 bits per heavy atom. The second-order valence-corrected chi connectivity index (χ2v) is 8.48. The quantitative estimate of drug-likeness (QED) is 0.671. The van der Waals surface area contributed by atoms with Gasteiger partial charge in [0.2, 0.25) is 0 Å². The van der Waals surface area contributed by atoms with Crippen molar-refractivity contribution in [1.29, 1.82) is 0 Å². The molecule has 2 N–H and O–H groups in total. The Balaban J connectivity index is 1.72. The van der Waals surface area contributed by atoms with Gasteiger partial charge in [-0.2, -0.15) is 0 Å². The highest BCUT2D eigenvalue weighted by molar-refractivity contribution is 7.18. The molecule has 7 heteroatoms. The van der Waals surface area contributed by atoms with Crippen LogP contribution in [0.2, 0.25) is 0 Å². The van der Waals surface area contributed by atoms with Gasteiger partial charge in [-0.25, -0.2) is 4.98 Å². The van der Waals surface area contributed by atoms with E-state index in [0.717, 1.165) is 46.9 Å². The molecule has 0 spiro atoms. The Labute approximate surface area is 161 Å². The van der Waals surface area contributed by atoms with E-state index >= 15 is 0 Å². The average Bonchev–Trinajstić information content (AvgIpc) is 3.26. The number of aliphatic carboxylic acids is 1. The van der Waals surface area contributed by atoms with Gasteiger partial charge < -0.3 is 14.8 Å². The molecule has 1 aliphatic rings. The molecular weight excluding hydrogens is 362 g/mol. The third-order valence-corrected chi connectivity index (χ3v) is 6.87. The molecule has 0 amide bonds. The summed E-state index contributed by atoms with van der Waals surface area (Å²) in [6.07, 6.45) is 5.42. The van der Waals surface area contributed by atoms with Crippen LogP contribution in [0.1, 0.15) is 63.9 Å². The number of fused-ring (bicyclic) bond motifs is 3. The predicted molar refractivity (Wildman–Crippen MR) is 106 cm³/mol. The van der Waals surface area contributed by atoms with E-state index < -0.39 is 12.1 Å². The van der Waals surface area contributed by atoms with Crippen LogP contribution in [0.3, 0.4) is 0 Å². The van der Waals surface area contributed by atoms with Crippen LogP contribution in [0.4, 0.5) is 0 Å². The van der Waals surface area contributed by atoms with Crippen LogP contribution in [0.5, 0.6) is 0 Å². The molecule has 0 radical (unpaired) electrons. The van der Waals surface area contributed by atoms with Crippen LogP contribution < -0.4 is 0 Å². The van der Waals surface area contributed by atoms with Crippen LogP contribution in [0.25, 0.3) is 21.3 Å². The van der Waals surface area contributed by atoms with Gasteiger partial charge in [0.1, 0.15) is 17.4 Å². The lowest BCUT2D eigenvalue weighted by Crippen LogP contribution is -2.28. The molecular formula is C20H25N3O3S. The van der Waals surface area contributed by atoms with Crippen LogP contribution in [-0.4, -0.2) is 30.7 Å². The van der Waals surface area contributed by atoms with Gasteiger partial charge in [-0.3, -0.25) is 9.78 Å². The summed E-state index contributed by atoms with van der Waals surface area (Å²) in [6.45, 7) is 3.71. The summed E-state index contributed by atoms with van der Waals surface area (Å²) in [7, 11) is 0. The molecule has 3 aromatic heterocycles. The highest BCUT2D eigenvalue weighted by Crippen LogP contribution is 2.41. The number of thiophene rings is 1. The largest absolute Gasteiger partial charge is 0.481 e. The van der Waals surface area contributed by atoms with Crippen molar-refractivity contribution in [3.63, 3.8) is 0 Å². The third-order valence-electron chi connectivity index (χ3n) is 5.96. The number of hydrogen-bond acceptors (Lipinski definition) is 5. The number of nitrogens with zero attached hydrogens (tertiary/aromatic N) is 3. The smallest absolute Gasteiger partial charge is 0.306 e. The second kappa shape index (κ2) is 7.20. The van der Waals surface area contributed by atoms with Crippen molar-refractivity contribution in [3.05, 3.63) is 23.5 Å². The first-order chi connectivity index (χ1) is 13.0. The van der Waals surface area contributed by atoms with Crippen LogP contribution in [0, 0.1) is 11.8 Å². The fourth-order valence-corrected chi connectivity index (χ4v) is 5.52. The van der Waals surface area contributed by atoms with Crippen LogP contribution >= 0.6 is 11.3 Å². The van der Waals surface area contributed by atoms with Crippen molar-refractivity contribution < 1.29 is 15.0 Å². The number of aliphatic hydroxyl groups excluding tert-OH is 1. The number of rotatable bonds is 5. The molecule has 27 heavy (non-hydrogen) atoms. The van der Waals surface area contributed by atoms with E-state index in [2.05, 4.69) is 14.5 Å². The molecule has 4 rings (SSSR count). The number of pyridine rings is 1. The van der Waals surface area contributed by atoms with Crippen molar-refractivity contribution in [3.8, 4) is 0 Å². The molecule has 1 unspecified atom stereocenters. The number of carboxylic acids is 1. The SMILES string of the molecule is CCC(C(=O)O)C1CCC(n2c([C@@H](C)O)nc3cnc4ccsc4c32)CC1. The van der Waals surface area contributed by atoms with Gasteiger partial charge in [0, 0.05) is 6.04 Å². The molecule has 6 nitrogen and oxygen atoms in total. The minimum atomic E-state index is -0.676. The lowest BCUT2D eigenvalue weighted by atomic mass is 9.77. The van der Waals surface area contributed by atoms with Crippen LogP contribution in [-0.2, 0) is 4.79 Å². The summed E-state index contributed by atoms with van der Waals surface area (Å²) in [4.78, 5) is 20.7. The molecule has 0 saturated heterocycles. The zero-order valence-electron chi connectivity index (χ0n) is 15.6. The van der Waals surface area contributed by atoms with Gasteiger partial charge in [0.25, 0.3) is 0 Å². The number of aliphatic hydroxyl groups is 1. The van der Waals surface area contributed by atoms with E-state index in [1.807, 2.05) is 18.4 Å². The summed E-state index contributed by atoms with van der Waals surface area (Å²) >= 11 is 1.65. The fraction of sp³-hybridized carbons (Fsp3) is 0.550. The number of carboxylic acid groups (broad SMARTS) is 1. The topological polar surface area (TPSA) is 88.2 Å². The Morgan fingerprint density at radius 2 is 2.07 bits per heavy atom. The first-order valence-electron chi connectivity index (χ1n) is 9.66. The van der Waals surface area contributed by atoms with Gasteiger partial charge in [-0.05, 0) is 56.4 Å². The molecule has 1 fully saturated rings. The summed E-state index contributed by atoms with van der Waals surface area (Å²) in [5, 5.41) is 21.8. The molecule has 2 atom stereocenters. The summed E-state index contributed by atoms with van der Waals surface area (Å²) < 4.78 is 3.31. The summed E-state index contributed by atoms with van der Waals surface area (Å²) in [5.74, 6) is -0.0154. The maximum Gasteiger partial charge on any atom is 0.306 e. The van der Waals surface area contributed by atoms with Crippen molar-refractivity contribution in [2.24, 2.45) is 11.8 Å². The molecule has 0 aliphatic heterocycles. The van der Waals surface area contributed by atoms with Gasteiger partial charge in [-0.15, -0.1) is 11.3 Å². The van der Waals surface area contributed by atoms with Crippen molar-refractivity contribution >= 4 is 38.6 Å². The minimum Gasteiger partial charge on any atom is -0.481 e. The normalized spacial score (nSPS) is 22.9. The molecule has 1 aliphatic carbocycles. The zero-order valence-corrected chi connectivity index (χ0v) is 16.4. The molecule has 0 aromatic carbocycles. The average molecular weight is 388 g/mol. The monoisotopic (exact) mass is 387 g/mol. The Hall–Kier alpha value is -1.99. The predicted octanol–water partition coefficient (Wildman–Crippen LogP) is 4.54. The molecule has 3 aromatic rings. The Bertz CT molecular complexity index is 970. The molecule has 1 saturated carbocycles. The highest BCUT2D eigenvalue weighted by atomic mass is 32.1. The Morgan fingerprint density at radius 1 is 1.33 bits per heavy atom. The van der Waals surface area contributed by atoms with E-state index in [1.54, 1.807) is 24.5 Å². The number of imidazole rings is 1. The molecule has 0 bridgehead atoms. The molecule has 3 heterocycles. The fourth-order valence-electron chi connectivity index (χ4n) is 4.63. The third kappa shape index (κ3) is 3.12. The maximum atomic E-state index is 11.5. The number of hydrogen-bond donors (Lipinski definition) is 2. The lowest BCUT2D eigenvalue weighted by Gasteiger charge is -2.33. The van der Waals surface area contributed by atoms with E-state index in [-0.39, 0.29) is 17.9 Å². The standard InChI is InChI=1S/C20H25N3O3S/c1-3-14(20(25)26)12-4-6-13(7-5-12)23-17-16(22-19(23)11(2)24)10-21-15-8-9-27-18(15)17/h8-14,24H,3-7H2,1-2H3,(H,25,26)/t11-,12?,13?,14?/m1/s1. The van der Waals surface area contributed by atoms with E-state index in [1.165, 1.54) is 0 Å². The first kappa shape index (κ1) is 18.4. The second-order valence-electron chi connectivity index (χ2n) is 7.56. The van der Waals surface area contributed by atoms with Gasteiger partial charge in [0.05, 0.1) is 27.8 Å². The maximum absolute atomic E-state index is 11.5. The lowest BCUT2D eigenvalue weighted by molar-refractivity contribution is -0.144. The van der Waals surface area contributed by atoms with Crippen molar-refractivity contribution in [1.82, 2.24) is 14.5 Å². The van der Waals surface area contributed by atoms with Crippen molar-refractivity contribution in [2.45, 2.75) is 58.1 Å². The summed E-state index contributed by atoms with van der Waals surface area (Å²) in [5.41, 5.74) is 2.83. The number of carbonyl (C=O) groups is 1. The van der Waals surface area contributed by atoms with Gasteiger partial charge in [-0.1, -0.05) is 6.92 Å².